The summed E-state index contributed by atoms with van der Waals surface area (Å²) in [6, 6.07) is 0.427. The smallest absolute Gasteiger partial charge is 0.265 e. The molecule has 0 bridgehead atoms. The standard InChI is InChI=1S/C12H22N4OS/c1-5-6-8(4)15-11(17)9-10(13)16-12(18-9)14-7(2)3/h7-8H,5-6,13H2,1-4H3,(H,14,16)(H,15,17). The summed E-state index contributed by atoms with van der Waals surface area (Å²) < 4.78 is 0. The van der Waals surface area contributed by atoms with Gasteiger partial charge in [0.15, 0.2) is 5.13 Å². The first kappa shape index (κ1) is 14.8. The topological polar surface area (TPSA) is 80.0 Å². The number of nitrogen functional groups attached to an aromatic ring is 1. The zero-order valence-corrected chi connectivity index (χ0v) is 12.2. The van der Waals surface area contributed by atoms with Gasteiger partial charge in [-0.3, -0.25) is 4.79 Å². The molecule has 0 spiro atoms. The minimum absolute atomic E-state index is 0.136. The Bertz CT molecular complexity index is 403. The average molecular weight is 270 g/mol. The maximum atomic E-state index is 12.0. The molecule has 0 radical (unpaired) electrons. The number of rotatable bonds is 6. The van der Waals surface area contributed by atoms with Gasteiger partial charge in [0.25, 0.3) is 5.91 Å². The zero-order valence-electron chi connectivity index (χ0n) is 11.4. The van der Waals surface area contributed by atoms with Crippen molar-refractivity contribution < 1.29 is 4.79 Å². The molecule has 1 unspecified atom stereocenters. The second kappa shape index (κ2) is 6.58. The molecule has 1 aromatic heterocycles. The molecule has 0 fully saturated rings. The van der Waals surface area contributed by atoms with Crippen LogP contribution in [0.1, 0.15) is 50.2 Å². The fourth-order valence-electron chi connectivity index (χ4n) is 1.60. The SMILES string of the molecule is CCCC(C)NC(=O)c1sc(NC(C)C)nc1N. The normalized spacial score (nSPS) is 12.5. The summed E-state index contributed by atoms with van der Waals surface area (Å²) in [6.45, 7) is 8.11. The second-order valence-corrected chi connectivity index (χ2v) is 5.69. The third kappa shape index (κ3) is 4.18. The van der Waals surface area contributed by atoms with Crippen LogP contribution in [0.15, 0.2) is 0 Å². The van der Waals surface area contributed by atoms with Crippen LogP contribution in [0, 0.1) is 0 Å². The van der Waals surface area contributed by atoms with E-state index in [-0.39, 0.29) is 18.0 Å². The molecule has 0 saturated carbocycles. The summed E-state index contributed by atoms with van der Waals surface area (Å²) in [7, 11) is 0. The summed E-state index contributed by atoms with van der Waals surface area (Å²) >= 11 is 1.30. The highest BCUT2D eigenvalue weighted by Gasteiger charge is 2.17. The molecular formula is C12H22N4OS. The molecule has 0 aromatic carbocycles. The third-order valence-electron chi connectivity index (χ3n) is 2.37. The molecule has 5 nitrogen and oxygen atoms in total. The van der Waals surface area contributed by atoms with E-state index in [0.29, 0.717) is 15.8 Å². The lowest BCUT2D eigenvalue weighted by Gasteiger charge is -2.11. The van der Waals surface area contributed by atoms with Crippen molar-refractivity contribution in [1.82, 2.24) is 10.3 Å². The minimum Gasteiger partial charge on any atom is -0.382 e. The molecule has 102 valence electrons. The van der Waals surface area contributed by atoms with Crippen molar-refractivity contribution in [3.8, 4) is 0 Å². The summed E-state index contributed by atoms with van der Waals surface area (Å²) in [5, 5.41) is 6.77. The zero-order chi connectivity index (χ0) is 13.7. The van der Waals surface area contributed by atoms with Crippen molar-refractivity contribution in [2.75, 3.05) is 11.1 Å². The van der Waals surface area contributed by atoms with Gasteiger partial charge in [-0.05, 0) is 27.2 Å². The Morgan fingerprint density at radius 2 is 2.11 bits per heavy atom. The van der Waals surface area contributed by atoms with Gasteiger partial charge in [0.2, 0.25) is 0 Å². The van der Waals surface area contributed by atoms with Crippen LogP contribution in [0.4, 0.5) is 10.9 Å². The molecule has 1 atom stereocenters. The van der Waals surface area contributed by atoms with E-state index in [1.165, 1.54) is 11.3 Å². The summed E-state index contributed by atoms with van der Waals surface area (Å²) in [5.41, 5.74) is 5.77. The van der Waals surface area contributed by atoms with Crippen LogP contribution in [0.5, 0.6) is 0 Å². The molecule has 0 aliphatic rings. The fourth-order valence-corrected chi connectivity index (χ4v) is 2.53. The Morgan fingerprint density at radius 3 is 2.67 bits per heavy atom. The van der Waals surface area contributed by atoms with Gasteiger partial charge < -0.3 is 16.4 Å². The summed E-state index contributed by atoms with van der Waals surface area (Å²) in [5.74, 6) is 0.159. The predicted octanol–water partition coefficient (Wildman–Crippen LogP) is 2.46. The molecule has 1 rings (SSSR count). The van der Waals surface area contributed by atoms with E-state index < -0.39 is 0 Å². The lowest BCUT2D eigenvalue weighted by Crippen LogP contribution is -2.32. The van der Waals surface area contributed by atoms with Crippen LogP contribution in [-0.4, -0.2) is 23.0 Å². The van der Waals surface area contributed by atoms with E-state index in [9.17, 15) is 4.79 Å². The number of hydrogen-bond donors (Lipinski definition) is 3. The molecule has 0 saturated heterocycles. The largest absolute Gasteiger partial charge is 0.382 e. The highest BCUT2D eigenvalue weighted by atomic mass is 32.1. The van der Waals surface area contributed by atoms with Gasteiger partial charge in [-0.2, -0.15) is 0 Å². The molecule has 0 aliphatic heterocycles. The number of hydrogen-bond acceptors (Lipinski definition) is 5. The number of nitrogens with one attached hydrogen (secondary N) is 2. The minimum atomic E-state index is -0.136. The molecule has 18 heavy (non-hydrogen) atoms. The number of anilines is 2. The monoisotopic (exact) mass is 270 g/mol. The van der Waals surface area contributed by atoms with E-state index in [4.69, 9.17) is 5.73 Å². The van der Waals surface area contributed by atoms with Crippen molar-refractivity contribution in [1.29, 1.82) is 0 Å². The highest BCUT2D eigenvalue weighted by Crippen LogP contribution is 2.25. The molecular weight excluding hydrogens is 248 g/mol. The average Bonchev–Trinajstić information content (AvgIpc) is 2.58. The number of amides is 1. The van der Waals surface area contributed by atoms with Gasteiger partial charge >= 0.3 is 0 Å². The molecule has 0 aliphatic carbocycles. The molecule has 1 heterocycles. The van der Waals surface area contributed by atoms with Gasteiger partial charge in [0.05, 0.1) is 0 Å². The van der Waals surface area contributed by atoms with E-state index in [1.807, 2.05) is 20.8 Å². The lowest BCUT2D eigenvalue weighted by atomic mass is 10.2. The van der Waals surface area contributed by atoms with Gasteiger partial charge in [0, 0.05) is 12.1 Å². The van der Waals surface area contributed by atoms with Crippen LogP contribution in [0.25, 0.3) is 0 Å². The first-order chi connectivity index (χ1) is 8.43. The van der Waals surface area contributed by atoms with E-state index in [2.05, 4.69) is 22.5 Å². The Labute approximate surface area is 112 Å². The van der Waals surface area contributed by atoms with Crippen molar-refractivity contribution >= 4 is 28.2 Å². The number of nitrogens with two attached hydrogens (primary N) is 1. The van der Waals surface area contributed by atoms with Crippen molar-refractivity contribution in [3.05, 3.63) is 4.88 Å². The number of carbonyl (C=O) groups excluding carboxylic acids is 1. The predicted molar refractivity (Wildman–Crippen MR) is 77.1 cm³/mol. The number of carbonyl (C=O) groups is 1. The molecule has 4 N–H and O–H groups in total. The summed E-state index contributed by atoms with van der Waals surface area (Å²) in [4.78, 5) is 16.6. The third-order valence-corrected chi connectivity index (χ3v) is 3.37. The second-order valence-electron chi connectivity index (χ2n) is 4.70. The fraction of sp³-hybridized carbons (Fsp3) is 0.667. The van der Waals surface area contributed by atoms with E-state index in [1.54, 1.807) is 0 Å². The van der Waals surface area contributed by atoms with Crippen molar-refractivity contribution in [2.45, 2.75) is 52.6 Å². The van der Waals surface area contributed by atoms with Crippen LogP contribution in [0.2, 0.25) is 0 Å². The summed E-state index contributed by atoms with van der Waals surface area (Å²) in [6.07, 6.45) is 2.00. The van der Waals surface area contributed by atoms with Gasteiger partial charge in [-0.15, -0.1) is 0 Å². The number of nitrogens with zero attached hydrogens (tertiary/aromatic N) is 1. The molecule has 1 amide bonds. The molecule has 6 heteroatoms. The highest BCUT2D eigenvalue weighted by molar-refractivity contribution is 7.18. The lowest BCUT2D eigenvalue weighted by molar-refractivity contribution is 0.0943. The van der Waals surface area contributed by atoms with Crippen molar-refractivity contribution in [3.63, 3.8) is 0 Å². The van der Waals surface area contributed by atoms with Gasteiger partial charge in [-0.1, -0.05) is 24.7 Å². The maximum absolute atomic E-state index is 12.0. The Balaban J connectivity index is 2.70. The first-order valence-corrected chi connectivity index (χ1v) is 7.09. The first-order valence-electron chi connectivity index (χ1n) is 6.27. The number of thiazole rings is 1. The van der Waals surface area contributed by atoms with Crippen LogP contribution >= 0.6 is 11.3 Å². The van der Waals surface area contributed by atoms with Crippen LogP contribution in [0.3, 0.4) is 0 Å². The quantitative estimate of drug-likeness (QED) is 0.742. The van der Waals surface area contributed by atoms with E-state index in [0.717, 1.165) is 12.8 Å². The van der Waals surface area contributed by atoms with Crippen molar-refractivity contribution in [2.24, 2.45) is 0 Å². The Hall–Kier alpha value is -1.30. The van der Waals surface area contributed by atoms with E-state index >= 15 is 0 Å². The number of aromatic nitrogens is 1. The van der Waals surface area contributed by atoms with Gasteiger partial charge in [-0.25, -0.2) is 4.98 Å². The maximum Gasteiger partial charge on any atom is 0.265 e. The van der Waals surface area contributed by atoms with Crippen LogP contribution < -0.4 is 16.4 Å². The Morgan fingerprint density at radius 1 is 1.44 bits per heavy atom. The van der Waals surface area contributed by atoms with Crippen LogP contribution in [-0.2, 0) is 0 Å². The molecule has 1 aromatic rings. The van der Waals surface area contributed by atoms with Gasteiger partial charge in [0.1, 0.15) is 10.7 Å². The Kier molecular flexibility index (Phi) is 5.40.